The van der Waals surface area contributed by atoms with E-state index >= 15 is 0 Å². The van der Waals surface area contributed by atoms with E-state index in [9.17, 15) is 0 Å². The third-order valence-corrected chi connectivity index (χ3v) is 3.49. The molecule has 0 saturated heterocycles. The van der Waals surface area contributed by atoms with E-state index < -0.39 is 0 Å². The van der Waals surface area contributed by atoms with Crippen LogP contribution in [0.15, 0.2) is 24.3 Å². The highest BCUT2D eigenvalue weighted by molar-refractivity contribution is 5.21. The monoisotopic (exact) mass is 247 g/mol. The summed E-state index contributed by atoms with van der Waals surface area (Å²) in [4.78, 5) is 0. The Kier molecular flexibility index (Phi) is 7.44. The Bertz CT molecular complexity index is 314. The van der Waals surface area contributed by atoms with Crippen LogP contribution in [0, 0.1) is 17.2 Å². The fourth-order valence-electron chi connectivity index (χ4n) is 2.25. The lowest BCUT2D eigenvalue weighted by molar-refractivity contribution is 0.0526. The SMILES string of the molecule is C=C1C[C@H]1[C@@H](CCCCCCC)OC/C=C/C#N. The van der Waals surface area contributed by atoms with Crippen molar-refractivity contribution in [3.8, 4) is 6.07 Å². The van der Waals surface area contributed by atoms with Crippen LogP contribution in [-0.2, 0) is 4.74 Å². The standard InChI is InChI=1S/C16H25NO/c1-3-4-5-6-7-10-16(15-13-14(15)2)18-12-9-8-11-17/h8-9,15-16H,2-7,10,12-13H2,1H3/b9-8+/t15-,16-/m1/s1. The van der Waals surface area contributed by atoms with Gasteiger partial charge in [0.1, 0.15) is 0 Å². The van der Waals surface area contributed by atoms with Crippen LogP contribution >= 0.6 is 0 Å². The van der Waals surface area contributed by atoms with Gasteiger partial charge in [-0.25, -0.2) is 0 Å². The van der Waals surface area contributed by atoms with Gasteiger partial charge in [0.15, 0.2) is 0 Å². The van der Waals surface area contributed by atoms with Crippen molar-refractivity contribution in [2.45, 2.75) is 58.0 Å². The highest BCUT2D eigenvalue weighted by Crippen LogP contribution is 2.41. The maximum Gasteiger partial charge on any atom is 0.0909 e. The second kappa shape index (κ2) is 8.94. The zero-order chi connectivity index (χ0) is 13.2. The summed E-state index contributed by atoms with van der Waals surface area (Å²) < 4.78 is 5.85. The molecule has 2 nitrogen and oxygen atoms in total. The number of unbranched alkanes of at least 4 members (excludes halogenated alkanes) is 4. The van der Waals surface area contributed by atoms with E-state index in [4.69, 9.17) is 10.00 Å². The zero-order valence-corrected chi connectivity index (χ0v) is 11.5. The lowest BCUT2D eigenvalue weighted by Gasteiger charge is -2.16. The second-order valence-electron chi connectivity index (χ2n) is 5.08. The largest absolute Gasteiger partial charge is 0.373 e. The summed E-state index contributed by atoms with van der Waals surface area (Å²) in [5, 5.41) is 8.41. The second-order valence-corrected chi connectivity index (χ2v) is 5.08. The van der Waals surface area contributed by atoms with Gasteiger partial charge < -0.3 is 4.74 Å². The lowest BCUT2D eigenvalue weighted by Crippen LogP contribution is -2.15. The molecule has 2 atom stereocenters. The van der Waals surface area contributed by atoms with E-state index in [1.807, 2.05) is 6.07 Å². The number of nitriles is 1. The molecule has 0 aromatic rings. The Morgan fingerprint density at radius 1 is 1.44 bits per heavy atom. The molecule has 0 bridgehead atoms. The van der Waals surface area contributed by atoms with Crippen molar-refractivity contribution in [3.63, 3.8) is 0 Å². The van der Waals surface area contributed by atoms with E-state index in [0.717, 1.165) is 12.8 Å². The van der Waals surface area contributed by atoms with Crippen molar-refractivity contribution in [3.05, 3.63) is 24.3 Å². The third kappa shape index (κ3) is 6.02. The van der Waals surface area contributed by atoms with Crippen LogP contribution in [0.4, 0.5) is 0 Å². The Labute approximate surface area is 111 Å². The highest BCUT2D eigenvalue weighted by atomic mass is 16.5. The van der Waals surface area contributed by atoms with Crippen LogP contribution in [-0.4, -0.2) is 12.7 Å². The quantitative estimate of drug-likeness (QED) is 0.326. The fraction of sp³-hybridized carbons (Fsp3) is 0.688. The number of ether oxygens (including phenoxy) is 1. The zero-order valence-electron chi connectivity index (χ0n) is 11.5. The molecule has 0 amide bonds. The summed E-state index contributed by atoms with van der Waals surface area (Å²) in [7, 11) is 0. The number of nitrogens with zero attached hydrogens (tertiary/aromatic N) is 1. The molecule has 0 unspecified atom stereocenters. The Morgan fingerprint density at radius 2 is 2.17 bits per heavy atom. The van der Waals surface area contributed by atoms with Crippen LogP contribution in [0.5, 0.6) is 0 Å². The molecule has 1 saturated carbocycles. The van der Waals surface area contributed by atoms with Gasteiger partial charge in [0.25, 0.3) is 0 Å². The molecule has 2 heteroatoms. The van der Waals surface area contributed by atoms with Gasteiger partial charge in [-0.2, -0.15) is 5.26 Å². The minimum Gasteiger partial charge on any atom is -0.373 e. The predicted molar refractivity (Wildman–Crippen MR) is 75.1 cm³/mol. The summed E-state index contributed by atoms with van der Waals surface area (Å²) in [6.07, 6.45) is 12.4. The van der Waals surface area contributed by atoms with E-state index in [2.05, 4.69) is 13.5 Å². The maximum atomic E-state index is 8.41. The molecule has 0 aromatic carbocycles. The summed E-state index contributed by atoms with van der Waals surface area (Å²) in [5.41, 5.74) is 1.33. The van der Waals surface area contributed by atoms with Gasteiger partial charge in [0.2, 0.25) is 0 Å². The smallest absolute Gasteiger partial charge is 0.0909 e. The molecule has 1 aliphatic rings. The van der Waals surface area contributed by atoms with Crippen LogP contribution < -0.4 is 0 Å². The molecule has 1 fully saturated rings. The minimum atomic E-state index is 0.322. The van der Waals surface area contributed by atoms with Crippen molar-refractivity contribution < 1.29 is 4.74 Å². The Balaban J connectivity index is 2.18. The van der Waals surface area contributed by atoms with Crippen LogP contribution in [0.1, 0.15) is 51.9 Å². The highest BCUT2D eigenvalue weighted by Gasteiger charge is 2.35. The molecular weight excluding hydrogens is 222 g/mol. The number of rotatable bonds is 10. The summed E-state index contributed by atoms with van der Waals surface area (Å²) in [6.45, 7) is 6.81. The van der Waals surface area contributed by atoms with Gasteiger partial charge in [-0.05, 0) is 18.9 Å². The normalized spacial score (nSPS) is 20.0. The van der Waals surface area contributed by atoms with E-state index in [1.54, 1.807) is 6.08 Å². The van der Waals surface area contributed by atoms with E-state index in [0.29, 0.717) is 18.6 Å². The molecule has 1 aliphatic carbocycles. The minimum absolute atomic E-state index is 0.322. The third-order valence-electron chi connectivity index (χ3n) is 3.49. The molecule has 0 spiro atoms. The van der Waals surface area contributed by atoms with Crippen molar-refractivity contribution in [1.29, 1.82) is 5.26 Å². The number of hydrogen-bond acceptors (Lipinski definition) is 2. The molecule has 1 rings (SSSR count). The van der Waals surface area contributed by atoms with Gasteiger partial charge in [-0.3, -0.25) is 0 Å². The number of hydrogen-bond donors (Lipinski definition) is 0. The summed E-state index contributed by atoms with van der Waals surface area (Å²) >= 11 is 0. The first-order valence-electron chi connectivity index (χ1n) is 7.13. The van der Waals surface area contributed by atoms with Gasteiger partial charge in [0.05, 0.1) is 18.8 Å². The molecule has 0 radical (unpaired) electrons. The van der Waals surface area contributed by atoms with Crippen LogP contribution in [0.3, 0.4) is 0 Å². The van der Waals surface area contributed by atoms with Crippen molar-refractivity contribution >= 4 is 0 Å². The maximum absolute atomic E-state index is 8.41. The molecule has 100 valence electrons. The first kappa shape index (κ1) is 15.0. The van der Waals surface area contributed by atoms with Gasteiger partial charge >= 0.3 is 0 Å². The van der Waals surface area contributed by atoms with Crippen molar-refractivity contribution in [2.24, 2.45) is 5.92 Å². The van der Waals surface area contributed by atoms with E-state index in [1.165, 1.54) is 43.8 Å². The lowest BCUT2D eigenvalue weighted by atomic mass is 10.0. The summed E-state index contributed by atoms with van der Waals surface area (Å²) in [6, 6.07) is 1.98. The Hall–Kier alpha value is -1.07. The molecule has 18 heavy (non-hydrogen) atoms. The molecule has 0 aliphatic heterocycles. The van der Waals surface area contributed by atoms with Crippen molar-refractivity contribution in [1.82, 2.24) is 0 Å². The fourth-order valence-corrected chi connectivity index (χ4v) is 2.25. The van der Waals surface area contributed by atoms with Gasteiger partial charge in [0, 0.05) is 12.0 Å². The molecule has 0 aromatic heterocycles. The number of allylic oxidation sites excluding steroid dienone is 1. The van der Waals surface area contributed by atoms with Crippen LogP contribution in [0.25, 0.3) is 0 Å². The average Bonchev–Trinajstić information content (AvgIpc) is 3.09. The molecule has 0 N–H and O–H groups in total. The first-order chi connectivity index (χ1) is 8.79. The topological polar surface area (TPSA) is 33.0 Å². The average molecular weight is 247 g/mol. The van der Waals surface area contributed by atoms with Gasteiger partial charge in [-0.1, -0.05) is 51.2 Å². The predicted octanol–water partition coefficient (Wildman–Crippen LogP) is 4.39. The Morgan fingerprint density at radius 3 is 2.78 bits per heavy atom. The van der Waals surface area contributed by atoms with Crippen molar-refractivity contribution in [2.75, 3.05) is 6.61 Å². The molecule has 0 heterocycles. The summed E-state index contributed by atoms with van der Waals surface area (Å²) in [5.74, 6) is 0.576. The van der Waals surface area contributed by atoms with Gasteiger partial charge in [-0.15, -0.1) is 0 Å². The molecular formula is C16H25NO. The van der Waals surface area contributed by atoms with Crippen LogP contribution in [0.2, 0.25) is 0 Å². The van der Waals surface area contributed by atoms with E-state index in [-0.39, 0.29) is 0 Å². The first-order valence-corrected chi connectivity index (χ1v) is 7.13.